The van der Waals surface area contributed by atoms with Crippen molar-refractivity contribution in [2.75, 3.05) is 12.3 Å². The van der Waals surface area contributed by atoms with Gasteiger partial charge in [0.1, 0.15) is 5.82 Å². The summed E-state index contributed by atoms with van der Waals surface area (Å²) in [5.41, 5.74) is 1.25. The van der Waals surface area contributed by atoms with E-state index in [1.807, 2.05) is 6.07 Å². The third kappa shape index (κ3) is 4.59. The van der Waals surface area contributed by atoms with Gasteiger partial charge in [0.15, 0.2) is 5.16 Å². The minimum Gasteiger partial charge on any atom is -0.339 e. The number of amides is 1. The van der Waals surface area contributed by atoms with E-state index in [0.29, 0.717) is 17.7 Å². The lowest BCUT2D eigenvalue weighted by Gasteiger charge is -2.33. The summed E-state index contributed by atoms with van der Waals surface area (Å²) >= 11 is 1.55. The first kappa shape index (κ1) is 19.5. The number of benzene rings is 1. The molecule has 6 heteroatoms. The molecule has 150 valence electrons. The van der Waals surface area contributed by atoms with Gasteiger partial charge in [-0.1, -0.05) is 61.4 Å². The van der Waals surface area contributed by atoms with Crippen molar-refractivity contribution in [2.24, 2.45) is 0 Å². The van der Waals surface area contributed by atoms with Crippen LogP contribution in [-0.4, -0.2) is 43.9 Å². The van der Waals surface area contributed by atoms with Crippen LogP contribution in [0.2, 0.25) is 0 Å². The molecule has 2 fully saturated rings. The molecule has 0 aliphatic heterocycles. The van der Waals surface area contributed by atoms with E-state index in [0.717, 1.165) is 36.9 Å². The lowest BCUT2D eigenvalue weighted by molar-refractivity contribution is -0.131. The van der Waals surface area contributed by atoms with Gasteiger partial charge < -0.3 is 9.47 Å². The first-order valence-corrected chi connectivity index (χ1v) is 11.6. The summed E-state index contributed by atoms with van der Waals surface area (Å²) in [6, 6.07) is 10.9. The maximum Gasteiger partial charge on any atom is 0.233 e. The minimum atomic E-state index is 0.238. The van der Waals surface area contributed by atoms with E-state index < -0.39 is 0 Å². The lowest BCUT2D eigenvalue weighted by Crippen LogP contribution is -2.42. The van der Waals surface area contributed by atoms with Crippen molar-refractivity contribution < 1.29 is 4.79 Å². The Bertz CT molecular complexity index is 781. The van der Waals surface area contributed by atoms with E-state index in [1.165, 1.54) is 37.7 Å². The van der Waals surface area contributed by atoms with Gasteiger partial charge in [-0.25, -0.2) is 0 Å². The Morgan fingerprint density at radius 3 is 2.54 bits per heavy atom. The number of carbonyl (C=O) groups excluding carboxylic acids is 1. The Kier molecular flexibility index (Phi) is 6.35. The van der Waals surface area contributed by atoms with E-state index in [-0.39, 0.29) is 5.91 Å². The monoisotopic (exact) mass is 398 g/mol. The number of carbonyl (C=O) groups is 1. The maximum atomic E-state index is 12.9. The number of thioether (sulfide) groups is 1. The van der Waals surface area contributed by atoms with Crippen LogP contribution in [0.5, 0.6) is 0 Å². The molecule has 1 aromatic carbocycles. The summed E-state index contributed by atoms with van der Waals surface area (Å²) in [5.74, 6) is 2.30. The van der Waals surface area contributed by atoms with Crippen LogP contribution in [0.15, 0.2) is 35.5 Å². The zero-order valence-corrected chi connectivity index (χ0v) is 17.5. The largest absolute Gasteiger partial charge is 0.339 e. The van der Waals surface area contributed by atoms with Crippen molar-refractivity contribution in [1.82, 2.24) is 19.7 Å². The molecule has 28 heavy (non-hydrogen) atoms. The summed E-state index contributed by atoms with van der Waals surface area (Å²) in [5, 5.41) is 9.80. The van der Waals surface area contributed by atoms with Crippen LogP contribution in [0.1, 0.15) is 69.2 Å². The molecule has 2 aromatic rings. The predicted molar refractivity (Wildman–Crippen MR) is 113 cm³/mol. The van der Waals surface area contributed by atoms with Gasteiger partial charge in [0, 0.05) is 18.5 Å². The smallest absolute Gasteiger partial charge is 0.233 e. The van der Waals surface area contributed by atoms with Crippen LogP contribution >= 0.6 is 11.8 Å². The van der Waals surface area contributed by atoms with Gasteiger partial charge >= 0.3 is 0 Å². The van der Waals surface area contributed by atoms with Crippen LogP contribution in [-0.2, 0) is 11.3 Å². The number of hydrogen-bond donors (Lipinski definition) is 0. The minimum absolute atomic E-state index is 0.238. The fourth-order valence-corrected chi connectivity index (χ4v) is 5.04. The molecule has 4 rings (SSSR count). The average Bonchev–Trinajstić information content (AvgIpc) is 3.50. The molecule has 0 unspecified atom stereocenters. The Hall–Kier alpha value is -1.82. The van der Waals surface area contributed by atoms with E-state index in [4.69, 9.17) is 0 Å². The summed E-state index contributed by atoms with van der Waals surface area (Å²) in [6.07, 6.45) is 8.50. The molecule has 0 spiro atoms. The molecule has 5 nitrogen and oxygen atoms in total. The Morgan fingerprint density at radius 1 is 1.11 bits per heavy atom. The summed E-state index contributed by atoms with van der Waals surface area (Å²) < 4.78 is 2.22. The normalized spacial score (nSPS) is 17.6. The highest BCUT2D eigenvalue weighted by molar-refractivity contribution is 7.99. The van der Waals surface area contributed by atoms with E-state index >= 15 is 0 Å². The quantitative estimate of drug-likeness (QED) is 0.615. The molecular weight excluding hydrogens is 368 g/mol. The Balaban J connectivity index is 1.44. The van der Waals surface area contributed by atoms with Crippen LogP contribution < -0.4 is 0 Å². The van der Waals surface area contributed by atoms with Crippen molar-refractivity contribution in [3.8, 4) is 0 Å². The van der Waals surface area contributed by atoms with Crippen molar-refractivity contribution in [1.29, 1.82) is 0 Å². The second-order valence-electron chi connectivity index (χ2n) is 7.95. The summed E-state index contributed by atoms with van der Waals surface area (Å²) in [6.45, 7) is 3.67. The molecular formula is C22H30N4OS. The number of nitrogens with zero attached hydrogens (tertiary/aromatic N) is 4. The number of hydrogen-bond acceptors (Lipinski definition) is 4. The van der Waals surface area contributed by atoms with Gasteiger partial charge in [-0.3, -0.25) is 4.79 Å². The molecule has 0 N–H and O–H groups in total. The van der Waals surface area contributed by atoms with Gasteiger partial charge in [-0.2, -0.15) is 0 Å². The van der Waals surface area contributed by atoms with Gasteiger partial charge in [-0.05, 0) is 38.2 Å². The zero-order chi connectivity index (χ0) is 19.3. The van der Waals surface area contributed by atoms with Crippen LogP contribution in [0.25, 0.3) is 0 Å². The second kappa shape index (κ2) is 9.12. The highest BCUT2D eigenvalue weighted by Gasteiger charge is 2.31. The molecule has 0 bridgehead atoms. The van der Waals surface area contributed by atoms with E-state index in [1.54, 1.807) is 11.8 Å². The predicted octanol–water partition coefficient (Wildman–Crippen LogP) is 4.48. The lowest BCUT2D eigenvalue weighted by atomic mass is 9.94. The highest BCUT2D eigenvalue weighted by atomic mass is 32.2. The Morgan fingerprint density at radius 2 is 1.86 bits per heavy atom. The van der Waals surface area contributed by atoms with Gasteiger partial charge in [0.25, 0.3) is 0 Å². The van der Waals surface area contributed by atoms with E-state index in [9.17, 15) is 4.79 Å². The van der Waals surface area contributed by atoms with Crippen molar-refractivity contribution >= 4 is 17.7 Å². The molecule has 1 aromatic heterocycles. The number of aromatic nitrogens is 3. The fraction of sp³-hybridized carbons (Fsp3) is 0.591. The topological polar surface area (TPSA) is 51.0 Å². The van der Waals surface area contributed by atoms with Crippen LogP contribution in [0, 0.1) is 0 Å². The molecule has 2 aliphatic rings. The summed E-state index contributed by atoms with van der Waals surface area (Å²) in [7, 11) is 0. The van der Waals surface area contributed by atoms with Gasteiger partial charge in [0.05, 0.1) is 12.3 Å². The first-order valence-electron chi connectivity index (χ1n) is 10.7. The van der Waals surface area contributed by atoms with Crippen molar-refractivity contribution in [3.63, 3.8) is 0 Å². The molecule has 1 amide bonds. The fourth-order valence-electron chi connectivity index (χ4n) is 4.21. The van der Waals surface area contributed by atoms with Crippen LogP contribution in [0.4, 0.5) is 0 Å². The molecule has 0 saturated heterocycles. The van der Waals surface area contributed by atoms with Gasteiger partial charge in [0.2, 0.25) is 5.91 Å². The molecule has 2 aliphatic carbocycles. The maximum absolute atomic E-state index is 12.9. The van der Waals surface area contributed by atoms with E-state index in [2.05, 4.69) is 50.9 Å². The molecule has 0 atom stereocenters. The third-order valence-electron chi connectivity index (χ3n) is 5.87. The zero-order valence-electron chi connectivity index (χ0n) is 16.7. The SMILES string of the molecule is CCN(C(=O)CSc1nnc(C2CC2)n1Cc1ccccc1)C1CCCCC1. The van der Waals surface area contributed by atoms with Crippen LogP contribution in [0.3, 0.4) is 0 Å². The van der Waals surface area contributed by atoms with Crippen molar-refractivity contribution in [3.05, 3.63) is 41.7 Å². The Labute approximate surface area is 171 Å². The molecule has 0 radical (unpaired) electrons. The highest BCUT2D eigenvalue weighted by Crippen LogP contribution is 2.40. The van der Waals surface area contributed by atoms with Gasteiger partial charge in [-0.15, -0.1) is 10.2 Å². The molecule has 2 saturated carbocycles. The molecule has 1 heterocycles. The summed E-state index contributed by atoms with van der Waals surface area (Å²) in [4.78, 5) is 15.0. The second-order valence-corrected chi connectivity index (χ2v) is 8.89. The third-order valence-corrected chi connectivity index (χ3v) is 6.82. The number of rotatable bonds is 8. The standard InChI is InChI=1S/C22H30N4OS/c1-2-25(19-11-7-4-8-12-19)20(27)16-28-22-24-23-21(18-13-14-18)26(22)15-17-9-5-3-6-10-17/h3,5-6,9-10,18-19H,2,4,7-8,11-16H2,1H3. The average molecular weight is 399 g/mol. The first-order chi connectivity index (χ1) is 13.8. The van der Waals surface area contributed by atoms with Crippen molar-refractivity contribution in [2.45, 2.75) is 75.5 Å².